The quantitative estimate of drug-likeness (QED) is 0.750. The van der Waals surface area contributed by atoms with Crippen LogP contribution in [0.4, 0.5) is 5.69 Å². The third-order valence-electron chi connectivity index (χ3n) is 2.08. The fourth-order valence-electron chi connectivity index (χ4n) is 1.37. The van der Waals surface area contributed by atoms with Gasteiger partial charge < -0.3 is 5.32 Å². The molecule has 0 saturated carbocycles. The number of hydrogen-bond acceptors (Lipinski definition) is 3. The number of halogens is 1. The van der Waals surface area contributed by atoms with Crippen LogP contribution in [0.5, 0.6) is 0 Å². The normalized spacial score (nSPS) is 15.4. The number of anilines is 1. The van der Waals surface area contributed by atoms with Gasteiger partial charge in [-0.25, -0.2) is 8.42 Å². The molecular weight excluding hydrogens is 222 g/mol. The summed E-state index contributed by atoms with van der Waals surface area (Å²) in [6.45, 7) is 0. The van der Waals surface area contributed by atoms with E-state index in [0.29, 0.717) is 6.42 Å². The van der Waals surface area contributed by atoms with Gasteiger partial charge in [0.1, 0.15) is 0 Å². The monoisotopic (exact) mass is 229 g/mol. The maximum absolute atomic E-state index is 11.1. The lowest BCUT2D eigenvalue weighted by atomic mass is 10.1. The van der Waals surface area contributed by atoms with Gasteiger partial charge >= 0.3 is 0 Å². The number of hydrogen-bond donors (Lipinski definition) is 1. The highest BCUT2D eigenvalue weighted by Crippen LogP contribution is 2.27. The maximum atomic E-state index is 11.1. The van der Waals surface area contributed by atoms with Gasteiger partial charge in [-0.3, -0.25) is 0 Å². The predicted octanol–water partition coefficient (Wildman–Crippen LogP) is 2.06. The first-order valence-corrected chi connectivity index (χ1v) is 6.36. The van der Waals surface area contributed by atoms with Gasteiger partial charge in [0.15, 0.2) is 0 Å². The van der Waals surface area contributed by atoms with Crippen molar-refractivity contribution in [1.29, 1.82) is 0 Å². The Morgan fingerprint density at radius 3 is 2.71 bits per heavy atom. The summed E-state index contributed by atoms with van der Waals surface area (Å²) in [5, 5.41) is 2.89. The van der Waals surface area contributed by atoms with Gasteiger partial charge in [0.25, 0.3) is 9.05 Å². The molecule has 0 aromatic heterocycles. The molecule has 0 radical (unpaired) electrons. The summed E-state index contributed by atoms with van der Waals surface area (Å²) >= 11 is 0. The Kier molecular flexibility index (Phi) is 2.25. The van der Waals surface area contributed by atoms with Crippen LogP contribution in [-0.4, -0.2) is 8.42 Å². The van der Waals surface area contributed by atoms with E-state index in [1.807, 2.05) is 24.3 Å². The Balaban J connectivity index is 2.39. The number of benzene rings is 1. The molecule has 0 fully saturated rings. The van der Waals surface area contributed by atoms with Gasteiger partial charge in [0, 0.05) is 29.0 Å². The first-order chi connectivity index (χ1) is 6.57. The van der Waals surface area contributed by atoms with E-state index < -0.39 is 9.05 Å². The van der Waals surface area contributed by atoms with Crippen LogP contribution in [0, 0.1) is 0 Å². The van der Waals surface area contributed by atoms with Crippen molar-refractivity contribution >= 4 is 25.4 Å². The van der Waals surface area contributed by atoms with Crippen LogP contribution in [-0.2, 0) is 15.5 Å². The molecule has 2 rings (SSSR count). The second kappa shape index (κ2) is 3.29. The van der Waals surface area contributed by atoms with Crippen molar-refractivity contribution in [1.82, 2.24) is 0 Å². The minimum absolute atomic E-state index is 0.206. The third-order valence-corrected chi connectivity index (χ3v) is 3.57. The lowest BCUT2D eigenvalue weighted by Gasteiger charge is -2.15. The van der Waals surface area contributed by atoms with Crippen LogP contribution >= 0.6 is 10.7 Å². The molecule has 0 unspecified atom stereocenters. The van der Waals surface area contributed by atoms with Crippen LogP contribution in [0.3, 0.4) is 0 Å². The van der Waals surface area contributed by atoms with Gasteiger partial charge in [0.2, 0.25) is 0 Å². The van der Waals surface area contributed by atoms with Crippen molar-refractivity contribution in [3.63, 3.8) is 0 Å². The highest BCUT2D eigenvalue weighted by Gasteiger charge is 2.19. The first kappa shape index (κ1) is 9.55. The second-order valence-electron chi connectivity index (χ2n) is 3.03. The molecule has 1 aliphatic rings. The van der Waals surface area contributed by atoms with E-state index in [0.717, 1.165) is 11.3 Å². The Morgan fingerprint density at radius 1 is 1.29 bits per heavy atom. The van der Waals surface area contributed by atoms with Crippen LogP contribution < -0.4 is 5.32 Å². The van der Waals surface area contributed by atoms with Gasteiger partial charge in [-0.1, -0.05) is 18.2 Å². The number of fused-ring (bicyclic) bond motifs is 1. The summed E-state index contributed by atoms with van der Waals surface area (Å²) in [4.78, 5) is 0.206. The van der Waals surface area contributed by atoms with E-state index in [9.17, 15) is 8.42 Å². The van der Waals surface area contributed by atoms with E-state index in [-0.39, 0.29) is 4.91 Å². The number of allylic oxidation sites excluding steroid dienone is 1. The van der Waals surface area contributed by atoms with Gasteiger partial charge in [-0.05, 0) is 11.6 Å². The van der Waals surface area contributed by atoms with Gasteiger partial charge in [-0.2, -0.15) is 0 Å². The first-order valence-electron chi connectivity index (χ1n) is 4.05. The van der Waals surface area contributed by atoms with Crippen molar-refractivity contribution in [3.8, 4) is 0 Å². The molecule has 3 nitrogen and oxygen atoms in total. The Morgan fingerprint density at radius 2 is 2.00 bits per heavy atom. The Hall–Kier alpha value is -1.00. The van der Waals surface area contributed by atoms with E-state index in [1.165, 1.54) is 6.20 Å². The average molecular weight is 230 g/mol. The number of nitrogens with one attached hydrogen (secondary N) is 1. The fraction of sp³-hybridized carbons (Fsp3) is 0.111. The van der Waals surface area contributed by atoms with Crippen LogP contribution in [0.1, 0.15) is 5.56 Å². The molecule has 1 aromatic carbocycles. The number of rotatable bonds is 1. The zero-order valence-corrected chi connectivity index (χ0v) is 8.77. The minimum Gasteiger partial charge on any atom is -0.360 e. The van der Waals surface area contributed by atoms with Crippen LogP contribution in [0.2, 0.25) is 0 Å². The maximum Gasteiger partial charge on any atom is 0.259 e. The van der Waals surface area contributed by atoms with Gasteiger partial charge in [-0.15, -0.1) is 0 Å². The molecule has 1 aliphatic heterocycles. The summed E-state index contributed by atoms with van der Waals surface area (Å²) in [5.74, 6) is 0. The van der Waals surface area contributed by atoms with Crippen molar-refractivity contribution in [3.05, 3.63) is 40.9 Å². The zero-order valence-electron chi connectivity index (χ0n) is 7.20. The predicted molar refractivity (Wildman–Crippen MR) is 56.6 cm³/mol. The zero-order chi connectivity index (χ0) is 10.2. The average Bonchev–Trinajstić information content (AvgIpc) is 2.16. The topological polar surface area (TPSA) is 46.2 Å². The molecule has 0 amide bonds. The lowest BCUT2D eigenvalue weighted by molar-refractivity contribution is 0.613. The summed E-state index contributed by atoms with van der Waals surface area (Å²) < 4.78 is 22.1. The molecule has 14 heavy (non-hydrogen) atoms. The smallest absolute Gasteiger partial charge is 0.259 e. The molecule has 0 aliphatic carbocycles. The van der Waals surface area contributed by atoms with E-state index in [1.54, 1.807) is 0 Å². The highest BCUT2D eigenvalue weighted by molar-refractivity contribution is 8.16. The number of para-hydroxylation sites is 1. The van der Waals surface area contributed by atoms with Gasteiger partial charge in [0.05, 0.1) is 4.91 Å². The van der Waals surface area contributed by atoms with Crippen LogP contribution in [0.15, 0.2) is 35.4 Å². The largest absolute Gasteiger partial charge is 0.360 e. The van der Waals surface area contributed by atoms with E-state index in [2.05, 4.69) is 5.32 Å². The summed E-state index contributed by atoms with van der Waals surface area (Å²) in [6, 6.07) is 7.52. The molecule has 5 heteroatoms. The lowest BCUT2D eigenvalue weighted by Crippen LogP contribution is -2.09. The molecule has 0 spiro atoms. The minimum atomic E-state index is -3.60. The summed E-state index contributed by atoms with van der Waals surface area (Å²) in [5.41, 5.74) is 1.87. The van der Waals surface area contributed by atoms with Crippen molar-refractivity contribution in [2.75, 3.05) is 5.32 Å². The molecular formula is C9H8ClNO2S. The van der Waals surface area contributed by atoms with Crippen LogP contribution in [0.25, 0.3) is 0 Å². The SMILES string of the molecule is O=S(=O)(Cl)C1=CNc2ccccc2C1. The molecule has 1 N–H and O–H groups in total. The summed E-state index contributed by atoms with van der Waals surface area (Å²) in [7, 11) is 1.64. The molecule has 1 aromatic rings. The fourth-order valence-corrected chi connectivity index (χ4v) is 2.19. The second-order valence-corrected chi connectivity index (χ2v) is 5.65. The summed E-state index contributed by atoms with van der Waals surface area (Å²) in [6.07, 6.45) is 1.79. The Labute approximate surface area is 86.8 Å². The molecule has 0 bridgehead atoms. The standard InChI is InChI=1S/C9H8ClNO2S/c10-14(12,13)8-5-7-3-1-2-4-9(7)11-6-8/h1-4,6,11H,5H2. The third kappa shape index (κ3) is 1.76. The molecule has 74 valence electrons. The molecule has 0 atom stereocenters. The van der Waals surface area contributed by atoms with E-state index in [4.69, 9.17) is 10.7 Å². The van der Waals surface area contributed by atoms with Crippen molar-refractivity contribution in [2.24, 2.45) is 0 Å². The Bertz CT molecular complexity index is 493. The highest BCUT2D eigenvalue weighted by atomic mass is 35.7. The van der Waals surface area contributed by atoms with E-state index >= 15 is 0 Å². The van der Waals surface area contributed by atoms with Crippen molar-refractivity contribution in [2.45, 2.75) is 6.42 Å². The molecule has 1 heterocycles. The van der Waals surface area contributed by atoms with Crippen molar-refractivity contribution < 1.29 is 8.42 Å². The molecule has 0 saturated heterocycles.